The van der Waals surface area contributed by atoms with Crippen molar-refractivity contribution < 1.29 is 9.59 Å². The van der Waals surface area contributed by atoms with Crippen LogP contribution >= 0.6 is 11.8 Å². The molecule has 0 atom stereocenters. The van der Waals surface area contributed by atoms with E-state index in [-0.39, 0.29) is 11.8 Å². The van der Waals surface area contributed by atoms with Crippen LogP contribution in [0.5, 0.6) is 0 Å². The Hall–Kier alpha value is -1.49. The number of carbonyl (C=O) groups is 2. The van der Waals surface area contributed by atoms with E-state index in [1.807, 2.05) is 24.3 Å². The largest absolute Gasteiger partial charge is 0.325 e. The lowest BCUT2D eigenvalue weighted by Crippen LogP contribution is -2.23. The molecule has 1 aliphatic rings. The van der Waals surface area contributed by atoms with Crippen molar-refractivity contribution in [3.63, 3.8) is 0 Å². The monoisotopic (exact) mass is 306 g/mol. The molecule has 2 amide bonds. The second-order valence-electron chi connectivity index (χ2n) is 5.66. The highest BCUT2D eigenvalue weighted by atomic mass is 32.2. The predicted octanol–water partition coefficient (Wildman–Crippen LogP) is 3.14. The van der Waals surface area contributed by atoms with Crippen molar-refractivity contribution in [2.24, 2.45) is 5.92 Å². The van der Waals surface area contributed by atoms with E-state index in [1.165, 1.54) is 0 Å². The highest BCUT2D eigenvalue weighted by Crippen LogP contribution is 2.24. The summed E-state index contributed by atoms with van der Waals surface area (Å²) in [6.45, 7) is 5.04. The Labute approximate surface area is 130 Å². The van der Waals surface area contributed by atoms with Crippen LogP contribution in [0.2, 0.25) is 0 Å². The third-order valence-electron chi connectivity index (χ3n) is 3.20. The summed E-state index contributed by atoms with van der Waals surface area (Å²) >= 11 is 1.64. The van der Waals surface area contributed by atoms with Crippen LogP contribution in [0.1, 0.15) is 26.7 Å². The van der Waals surface area contributed by atoms with Crippen molar-refractivity contribution in [2.75, 3.05) is 28.3 Å². The fourth-order valence-corrected chi connectivity index (χ4v) is 3.10. The minimum atomic E-state index is 0.00514. The van der Waals surface area contributed by atoms with Gasteiger partial charge in [-0.1, -0.05) is 19.9 Å². The van der Waals surface area contributed by atoms with Gasteiger partial charge in [0.15, 0.2) is 0 Å². The average molecular weight is 306 g/mol. The summed E-state index contributed by atoms with van der Waals surface area (Å²) in [5.74, 6) is 2.20. The molecule has 1 aliphatic heterocycles. The lowest BCUT2D eigenvalue weighted by Gasteiger charge is -2.16. The summed E-state index contributed by atoms with van der Waals surface area (Å²) in [6.07, 6.45) is 1.52. The van der Waals surface area contributed by atoms with Crippen molar-refractivity contribution >= 4 is 35.0 Å². The molecule has 0 bridgehead atoms. The molecule has 0 aliphatic carbocycles. The number of nitrogens with zero attached hydrogens (tertiary/aromatic N) is 1. The molecule has 0 spiro atoms. The van der Waals surface area contributed by atoms with Crippen LogP contribution in [0.4, 0.5) is 11.4 Å². The van der Waals surface area contributed by atoms with E-state index in [0.29, 0.717) is 18.1 Å². The van der Waals surface area contributed by atoms with Gasteiger partial charge in [0.25, 0.3) is 0 Å². The van der Waals surface area contributed by atoms with Crippen molar-refractivity contribution in [1.29, 1.82) is 0 Å². The zero-order valence-electron chi connectivity index (χ0n) is 12.6. The number of hydrogen-bond donors (Lipinski definition) is 1. The number of benzene rings is 1. The summed E-state index contributed by atoms with van der Waals surface area (Å²) in [7, 11) is 0. The fraction of sp³-hybridized carbons (Fsp3) is 0.500. The van der Waals surface area contributed by atoms with Gasteiger partial charge < -0.3 is 10.2 Å². The molecule has 0 radical (unpaired) electrons. The molecule has 4 nitrogen and oxygen atoms in total. The SMILES string of the molecule is CC(C)CSCC(=O)Nc1cccc(N2CCCC2=O)c1. The first-order valence-corrected chi connectivity index (χ1v) is 8.50. The van der Waals surface area contributed by atoms with Crippen molar-refractivity contribution in [2.45, 2.75) is 26.7 Å². The molecular weight excluding hydrogens is 284 g/mol. The summed E-state index contributed by atoms with van der Waals surface area (Å²) < 4.78 is 0. The van der Waals surface area contributed by atoms with Crippen LogP contribution in [0.25, 0.3) is 0 Å². The van der Waals surface area contributed by atoms with E-state index in [0.717, 1.165) is 30.1 Å². The van der Waals surface area contributed by atoms with Crippen LogP contribution in [0.15, 0.2) is 24.3 Å². The second kappa shape index (κ2) is 7.50. The van der Waals surface area contributed by atoms with Crippen molar-refractivity contribution in [3.8, 4) is 0 Å². The van der Waals surface area contributed by atoms with Gasteiger partial charge in [0.2, 0.25) is 11.8 Å². The first kappa shape index (κ1) is 15.9. The Bertz CT molecular complexity index is 517. The van der Waals surface area contributed by atoms with Crippen molar-refractivity contribution in [3.05, 3.63) is 24.3 Å². The molecule has 1 fully saturated rings. The standard InChI is InChI=1S/C16H22N2O2S/c1-12(2)10-21-11-15(19)17-13-5-3-6-14(9-13)18-8-4-7-16(18)20/h3,5-6,9,12H,4,7-8,10-11H2,1-2H3,(H,17,19). The summed E-state index contributed by atoms with van der Waals surface area (Å²) in [6, 6.07) is 7.51. The van der Waals surface area contributed by atoms with Crippen LogP contribution in [-0.4, -0.2) is 29.9 Å². The fourth-order valence-electron chi connectivity index (χ4n) is 2.26. The van der Waals surface area contributed by atoms with Crippen LogP contribution in [0.3, 0.4) is 0 Å². The Morgan fingerprint density at radius 1 is 1.43 bits per heavy atom. The molecule has 1 heterocycles. The van der Waals surface area contributed by atoms with E-state index in [2.05, 4.69) is 19.2 Å². The number of thioether (sulfide) groups is 1. The first-order valence-electron chi connectivity index (χ1n) is 7.34. The molecule has 1 aromatic rings. The summed E-state index contributed by atoms with van der Waals surface area (Å²) in [4.78, 5) is 25.4. The maximum Gasteiger partial charge on any atom is 0.234 e. The molecule has 5 heteroatoms. The van der Waals surface area contributed by atoms with Gasteiger partial charge in [-0.15, -0.1) is 0 Å². The highest BCUT2D eigenvalue weighted by Gasteiger charge is 2.21. The number of nitrogens with one attached hydrogen (secondary N) is 1. The van der Waals surface area contributed by atoms with Gasteiger partial charge in [-0.05, 0) is 36.3 Å². The van der Waals surface area contributed by atoms with Crippen LogP contribution in [-0.2, 0) is 9.59 Å². The van der Waals surface area contributed by atoms with Gasteiger partial charge in [-0.2, -0.15) is 11.8 Å². The minimum Gasteiger partial charge on any atom is -0.325 e. The number of hydrogen-bond acceptors (Lipinski definition) is 3. The van der Waals surface area contributed by atoms with Gasteiger partial charge in [0, 0.05) is 24.3 Å². The zero-order chi connectivity index (χ0) is 15.2. The van der Waals surface area contributed by atoms with Gasteiger partial charge in [0.1, 0.15) is 0 Å². The van der Waals surface area contributed by atoms with Gasteiger partial charge in [-0.25, -0.2) is 0 Å². The second-order valence-corrected chi connectivity index (χ2v) is 6.69. The maximum absolute atomic E-state index is 11.9. The number of amides is 2. The van der Waals surface area contributed by atoms with Crippen LogP contribution in [0, 0.1) is 5.92 Å². The Morgan fingerprint density at radius 2 is 2.24 bits per heavy atom. The molecule has 0 aromatic heterocycles. The first-order chi connectivity index (χ1) is 10.1. The quantitative estimate of drug-likeness (QED) is 0.878. The van der Waals surface area contributed by atoms with E-state index in [4.69, 9.17) is 0 Å². The molecule has 1 N–H and O–H groups in total. The molecule has 2 rings (SSSR count). The Morgan fingerprint density at radius 3 is 2.90 bits per heavy atom. The molecule has 1 aromatic carbocycles. The number of carbonyl (C=O) groups excluding carboxylic acids is 2. The molecule has 0 saturated carbocycles. The smallest absolute Gasteiger partial charge is 0.234 e. The maximum atomic E-state index is 11.9. The van der Waals surface area contributed by atoms with Gasteiger partial charge >= 0.3 is 0 Å². The topological polar surface area (TPSA) is 49.4 Å². The van der Waals surface area contributed by atoms with Crippen molar-refractivity contribution in [1.82, 2.24) is 0 Å². The molecule has 0 unspecified atom stereocenters. The molecule has 21 heavy (non-hydrogen) atoms. The predicted molar refractivity (Wildman–Crippen MR) is 88.8 cm³/mol. The number of rotatable bonds is 6. The average Bonchev–Trinajstić information content (AvgIpc) is 2.85. The van der Waals surface area contributed by atoms with E-state index >= 15 is 0 Å². The lowest BCUT2D eigenvalue weighted by atomic mass is 10.2. The summed E-state index contributed by atoms with van der Waals surface area (Å²) in [5.41, 5.74) is 1.62. The van der Waals surface area contributed by atoms with E-state index in [9.17, 15) is 9.59 Å². The van der Waals surface area contributed by atoms with E-state index in [1.54, 1.807) is 16.7 Å². The molecule has 1 saturated heterocycles. The Kier molecular flexibility index (Phi) is 5.67. The van der Waals surface area contributed by atoms with Gasteiger partial charge in [0.05, 0.1) is 5.75 Å². The normalized spacial score (nSPS) is 14.8. The number of anilines is 2. The van der Waals surface area contributed by atoms with Gasteiger partial charge in [-0.3, -0.25) is 9.59 Å². The summed E-state index contributed by atoms with van der Waals surface area (Å²) in [5, 5.41) is 2.90. The third-order valence-corrected chi connectivity index (χ3v) is 4.57. The zero-order valence-corrected chi connectivity index (χ0v) is 13.4. The lowest BCUT2D eigenvalue weighted by molar-refractivity contribution is -0.117. The molecular formula is C16H22N2O2S. The third kappa shape index (κ3) is 4.77. The Balaban J connectivity index is 1.91. The minimum absolute atomic E-state index is 0.00514. The highest BCUT2D eigenvalue weighted by molar-refractivity contribution is 7.99. The molecule has 114 valence electrons. The van der Waals surface area contributed by atoms with E-state index < -0.39 is 0 Å². The van der Waals surface area contributed by atoms with Crippen LogP contribution < -0.4 is 10.2 Å².